The van der Waals surface area contributed by atoms with E-state index in [1.807, 2.05) is 0 Å². The average molecular weight is 204 g/mol. The molecule has 1 rings (SSSR count). The summed E-state index contributed by atoms with van der Waals surface area (Å²) in [6, 6.07) is 0. The molecular weight excluding hydrogens is 200 g/mol. The number of nitrogens with zero attached hydrogens (tertiary/aromatic N) is 1. The summed E-state index contributed by atoms with van der Waals surface area (Å²) in [4.78, 5) is 6.42. The monoisotopic (exact) mass is 202 g/mol. The van der Waals surface area contributed by atoms with Gasteiger partial charge in [-0.05, 0) is 0 Å². The number of imidazole rings is 1. The molecule has 0 bridgehead atoms. The number of aromatic nitrogens is 2. The van der Waals surface area contributed by atoms with Crippen molar-refractivity contribution in [3.8, 4) is 0 Å². The first kappa shape index (κ1) is 8.41. The zero-order valence-corrected chi connectivity index (χ0v) is 8.62. The fourth-order valence-electron chi connectivity index (χ4n) is 0.215. The number of aromatic amines is 1. The Hall–Kier alpha value is 0.413. The molecule has 0 radical (unpaired) electrons. The van der Waals surface area contributed by atoms with Crippen LogP contribution in [0.5, 0.6) is 0 Å². The second-order valence-corrected chi connectivity index (χ2v) is 5.48. The molecule has 0 saturated carbocycles. The van der Waals surface area contributed by atoms with Gasteiger partial charge >= 0.3 is 34.5 Å². The summed E-state index contributed by atoms with van der Waals surface area (Å²) >= 11 is -0.931. The van der Waals surface area contributed by atoms with E-state index in [0.717, 1.165) is 0 Å². The van der Waals surface area contributed by atoms with Gasteiger partial charge in [-0.3, -0.25) is 0 Å². The molecule has 0 atom stereocenters. The van der Waals surface area contributed by atoms with Gasteiger partial charge in [-0.25, -0.2) is 4.98 Å². The van der Waals surface area contributed by atoms with Gasteiger partial charge in [-0.15, -0.1) is 0 Å². The van der Waals surface area contributed by atoms with Crippen LogP contribution in [-0.2, 0) is 15.1 Å². The van der Waals surface area contributed by atoms with Crippen LogP contribution in [-0.4, -0.2) is 9.97 Å². The summed E-state index contributed by atoms with van der Waals surface area (Å²) in [6.45, 7) is 0. The summed E-state index contributed by atoms with van der Waals surface area (Å²) < 4.78 is 0. The van der Waals surface area contributed by atoms with Crippen LogP contribution >= 0.6 is 19.4 Å². The van der Waals surface area contributed by atoms with E-state index in [-0.39, 0.29) is 0 Å². The van der Waals surface area contributed by atoms with E-state index in [2.05, 4.69) is 9.97 Å². The number of halogens is 2. The van der Waals surface area contributed by atoms with Gasteiger partial charge in [0.05, 0.1) is 6.33 Å². The van der Waals surface area contributed by atoms with Gasteiger partial charge in [0.15, 0.2) is 0 Å². The molecule has 8 heavy (non-hydrogen) atoms. The van der Waals surface area contributed by atoms with Crippen LogP contribution in [0.3, 0.4) is 0 Å². The van der Waals surface area contributed by atoms with E-state index in [1.54, 1.807) is 18.7 Å². The first-order valence-electron chi connectivity index (χ1n) is 1.96. The Bertz CT molecular complexity index is 82.2. The third-order valence-electron chi connectivity index (χ3n) is 0.406. The molecule has 1 N–H and O–H groups in total. The number of hydrogen-bond acceptors (Lipinski definition) is 1. The Morgan fingerprint density at radius 1 is 1.50 bits per heavy atom. The van der Waals surface area contributed by atoms with Crippen molar-refractivity contribution in [2.24, 2.45) is 0 Å². The van der Waals surface area contributed by atoms with E-state index >= 15 is 0 Å². The smallest absolute Gasteiger partial charge is 0.0919 e. The summed E-state index contributed by atoms with van der Waals surface area (Å²) in [5.74, 6) is 0. The van der Waals surface area contributed by atoms with Crippen molar-refractivity contribution in [1.82, 2.24) is 9.97 Å². The summed E-state index contributed by atoms with van der Waals surface area (Å²) in [5.41, 5.74) is 0. The Morgan fingerprint density at radius 3 is 2.25 bits per heavy atom. The minimum absolute atomic E-state index is 0.931. The number of hydrogen-bond donors (Lipinski definition) is 1. The molecule has 0 amide bonds. The molecule has 0 unspecified atom stereocenters. The van der Waals surface area contributed by atoms with Crippen LogP contribution in [0.1, 0.15) is 0 Å². The summed E-state index contributed by atoms with van der Waals surface area (Å²) in [5, 5.41) is 0. The third-order valence-corrected chi connectivity index (χ3v) is 0.406. The molecular formula is C3H4Cl2N2Zn. The maximum absolute atomic E-state index is 4.95. The third kappa shape index (κ3) is 6.41. The number of nitrogens with one attached hydrogen (secondary N) is 1. The van der Waals surface area contributed by atoms with Gasteiger partial charge in [-0.2, -0.15) is 0 Å². The van der Waals surface area contributed by atoms with Gasteiger partial charge in [0.2, 0.25) is 0 Å². The van der Waals surface area contributed by atoms with E-state index in [0.29, 0.717) is 0 Å². The van der Waals surface area contributed by atoms with E-state index in [4.69, 9.17) is 19.4 Å². The first-order chi connectivity index (χ1) is 3.91. The van der Waals surface area contributed by atoms with Crippen LogP contribution in [0.2, 0.25) is 0 Å². The van der Waals surface area contributed by atoms with Gasteiger partial charge in [0, 0.05) is 12.4 Å². The van der Waals surface area contributed by atoms with Crippen molar-refractivity contribution in [2.75, 3.05) is 0 Å². The van der Waals surface area contributed by atoms with Gasteiger partial charge < -0.3 is 4.98 Å². The molecule has 0 aliphatic heterocycles. The van der Waals surface area contributed by atoms with Crippen LogP contribution < -0.4 is 0 Å². The van der Waals surface area contributed by atoms with Crippen molar-refractivity contribution in [3.05, 3.63) is 18.7 Å². The molecule has 1 heterocycles. The van der Waals surface area contributed by atoms with Crippen LogP contribution in [0.25, 0.3) is 0 Å². The zero-order valence-electron chi connectivity index (χ0n) is 4.14. The summed E-state index contributed by atoms with van der Waals surface area (Å²) in [7, 11) is 9.90. The second-order valence-electron chi connectivity index (χ2n) is 0.862. The van der Waals surface area contributed by atoms with Crippen LogP contribution in [0.15, 0.2) is 18.7 Å². The minimum Gasteiger partial charge on any atom is -0.351 e. The Morgan fingerprint density at radius 2 is 2.12 bits per heavy atom. The van der Waals surface area contributed by atoms with Crippen molar-refractivity contribution in [3.63, 3.8) is 0 Å². The Labute approximate surface area is 63.3 Å². The molecule has 0 aliphatic carbocycles. The van der Waals surface area contributed by atoms with E-state index in [9.17, 15) is 0 Å². The molecule has 42 valence electrons. The minimum atomic E-state index is -0.931. The SMILES string of the molecule is [Cl][Zn][Cl].c1c[nH]cn1. The predicted octanol–water partition coefficient (Wildman–Crippen LogP) is 1.79. The quantitative estimate of drug-likeness (QED) is 0.641. The van der Waals surface area contributed by atoms with Crippen molar-refractivity contribution in [2.45, 2.75) is 0 Å². The molecule has 0 aromatic carbocycles. The average Bonchev–Trinajstić information content (AvgIpc) is 2.17. The second kappa shape index (κ2) is 7.41. The van der Waals surface area contributed by atoms with E-state index in [1.165, 1.54) is 0 Å². The maximum atomic E-state index is 4.95. The maximum Gasteiger partial charge on any atom is 0.0919 e. The fourth-order valence-corrected chi connectivity index (χ4v) is 0.215. The Kier molecular flexibility index (Phi) is 7.80. The molecule has 1 aromatic rings. The molecule has 0 spiro atoms. The molecule has 0 saturated heterocycles. The first-order valence-corrected chi connectivity index (χ1v) is 9.76. The van der Waals surface area contributed by atoms with Crippen LogP contribution in [0, 0.1) is 0 Å². The van der Waals surface area contributed by atoms with Crippen molar-refractivity contribution < 1.29 is 15.1 Å². The van der Waals surface area contributed by atoms with Crippen molar-refractivity contribution in [1.29, 1.82) is 0 Å². The van der Waals surface area contributed by atoms with Crippen molar-refractivity contribution >= 4 is 19.4 Å². The molecule has 5 heteroatoms. The largest absolute Gasteiger partial charge is 0.351 e. The van der Waals surface area contributed by atoms with Crippen LogP contribution in [0.4, 0.5) is 0 Å². The standard InChI is InChI=1S/C3H4N2.2ClH.Zn/c1-2-5-3-4-1;;;/h1-3H,(H,4,5);2*1H;/q;;;+2/p-2. The molecule has 1 aromatic heterocycles. The molecule has 0 aliphatic rings. The fraction of sp³-hybridized carbons (Fsp3) is 0. The summed E-state index contributed by atoms with van der Waals surface area (Å²) in [6.07, 6.45) is 5.08. The topological polar surface area (TPSA) is 28.7 Å². The predicted molar refractivity (Wildman–Crippen MR) is 30.3 cm³/mol. The van der Waals surface area contributed by atoms with Gasteiger partial charge in [-0.1, -0.05) is 0 Å². The zero-order chi connectivity index (χ0) is 6.24. The van der Waals surface area contributed by atoms with E-state index < -0.39 is 15.1 Å². The van der Waals surface area contributed by atoms with Gasteiger partial charge in [0.1, 0.15) is 0 Å². The normalized spacial score (nSPS) is 6.25. The number of H-pyrrole nitrogens is 1. The van der Waals surface area contributed by atoms with Gasteiger partial charge in [0.25, 0.3) is 0 Å². The number of rotatable bonds is 0. The molecule has 0 fully saturated rings. The Balaban J connectivity index is 0.000000145. The molecule has 2 nitrogen and oxygen atoms in total.